The third kappa shape index (κ3) is 4.54. The second-order valence-electron chi connectivity index (χ2n) is 8.97. The molecule has 4 rings (SSSR count). The lowest BCUT2D eigenvalue weighted by Crippen LogP contribution is -2.50. The fourth-order valence-electron chi connectivity index (χ4n) is 5.11. The van der Waals surface area contributed by atoms with E-state index in [1.165, 1.54) is 15.5 Å². The van der Waals surface area contributed by atoms with E-state index in [1.54, 1.807) is 11.0 Å². The van der Waals surface area contributed by atoms with Crippen LogP contribution in [0.15, 0.2) is 27.8 Å². The Kier molecular flexibility index (Phi) is 6.85. The van der Waals surface area contributed by atoms with Gasteiger partial charge in [-0.3, -0.25) is 24.0 Å². The number of rotatable bonds is 7. The molecule has 1 amide bonds. The molecule has 1 saturated carbocycles. The molecule has 0 saturated heterocycles. The van der Waals surface area contributed by atoms with Crippen molar-refractivity contribution in [2.24, 2.45) is 0 Å². The van der Waals surface area contributed by atoms with Crippen molar-refractivity contribution >= 4 is 23.1 Å². The van der Waals surface area contributed by atoms with Crippen molar-refractivity contribution in [3.8, 4) is 0 Å². The zero-order valence-corrected chi connectivity index (χ0v) is 19.1. The van der Waals surface area contributed by atoms with Crippen LogP contribution in [0.2, 0.25) is 0 Å². The molecule has 1 aliphatic carbocycles. The Morgan fingerprint density at radius 2 is 2.00 bits per heavy atom. The molecule has 1 aliphatic heterocycles. The van der Waals surface area contributed by atoms with Gasteiger partial charge in [0, 0.05) is 19.1 Å². The lowest BCUT2D eigenvalue weighted by atomic mass is 10.0. The molecule has 2 aromatic rings. The van der Waals surface area contributed by atoms with Crippen LogP contribution in [0.5, 0.6) is 0 Å². The predicted molar refractivity (Wildman–Crippen MR) is 127 cm³/mol. The minimum atomic E-state index is -0.657. The number of hydrogen-bond donors (Lipinski definition) is 2. The van der Waals surface area contributed by atoms with Crippen LogP contribution >= 0.6 is 0 Å². The monoisotopic (exact) mass is 457 g/mol. The molecular weight excluding hydrogens is 425 g/mol. The first kappa shape index (κ1) is 23.1. The number of halogens is 1. The van der Waals surface area contributed by atoms with E-state index in [4.69, 9.17) is 5.73 Å². The standard InChI is InChI=1S/C24H32FN5O3/c1-2-3-14-29-22(26)21(23(32)27-24(29)33)30(17-10-4-5-11-17)19(31)15-28-13-7-9-16-8-6-12-18(25)20(16)28/h6,8,12,17H,2-5,7,9-11,13-15,26H2,1H3,(H,27,32,33). The summed E-state index contributed by atoms with van der Waals surface area (Å²) in [5.41, 5.74) is 6.49. The quantitative estimate of drug-likeness (QED) is 0.665. The average Bonchev–Trinajstić information content (AvgIpc) is 3.31. The fraction of sp³-hybridized carbons (Fsp3) is 0.542. The molecule has 0 bridgehead atoms. The molecule has 0 spiro atoms. The number of H-pyrrole nitrogens is 1. The number of nitrogens with one attached hydrogen (secondary N) is 1. The minimum Gasteiger partial charge on any atom is -0.383 e. The predicted octanol–water partition coefficient (Wildman–Crippen LogP) is 2.79. The maximum atomic E-state index is 14.7. The molecule has 1 aromatic carbocycles. The molecular formula is C24H32FN5O3. The van der Waals surface area contributed by atoms with Gasteiger partial charge in [-0.15, -0.1) is 0 Å². The van der Waals surface area contributed by atoms with E-state index in [-0.39, 0.29) is 35.8 Å². The summed E-state index contributed by atoms with van der Waals surface area (Å²) in [6, 6.07) is 4.80. The van der Waals surface area contributed by atoms with Crippen LogP contribution in [0.4, 0.5) is 21.6 Å². The van der Waals surface area contributed by atoms with Crippen LogP contribution in [0.3, 0.4) is 0 Å². The number of carbonyl (C=O) groups excluding carboxylic acids is 1. The molecule has 33 heavy (non-hydrogen) atoms. The number of nitrogen functional groups attached to an aromatic ring is 1. The zero-order valence-electron chi connectivity index (χ0n) is 19.1. The Hall–Kier alpha value is -3.10. The van der Waals surface area contributed by atoms with E-state index < -0.39 is 11.2 Å². The number of nitrogens with zero attached hydrogens (tertiary/aromatic N) is 3. The highest BCUT2D eigenvalue weighted by molar-refractivity contribution is 5.99. The molecule has 0 unspecified atom stereocenters. The van der Waals surface area contributed by atoms with Crippen molar-refractivity contribution < 1.29 is 9.18 Å². The molecule has 3 N–H and O–H groups in total. The third-order valence-electron chi connectivity index (χ3n) is 6.74. The van der Waals surface area contributed by atoms with Gasteiger partial charge in [0.05, 0.1) is 12.2 Å². The first-order valence-corrected chi connectivity index (χ1v) is 11.9. The summed E-state index contributed by atoms with van der Waals surface area (Å²) >= 11 is 0. The highest BCUT2D eigenvalue weighted by atomic mass is 19.1. The van der Waals surface area contributed by atoms with Crippen molar-refractivity contribution in [3.63, 3.8) is 0 Å². The Morgan fingerprint density at radius 3 is 2.73 bits per heavy atom. The van der Waals surface area contributed by atoms with Gasteiger partial charge in [-0.2, -0.15) is 0 Å². The topological polar surface area (TPSA) is 104 Å². The van der Waals surface area contributed by atoms with Gasteiger partial charge in [0.15, 0.2) is 5.69 Å². The summed E-state index contributed by atoms with van der Waals surface area (Å²) in [4.78, 5) is 44.6. The first-order valence-electron chi connectivity index (χ1n) is 11.9. The first-order chi connectivity index (χ1) is 15.9. The number of aromatic nitrogens is 2. The Labute approximate surface area is 192 Å². The largest absolute Gasteiger partial charge is 0.383 e. The summed E-state index contributed by atoms with van der Waals surface area (Å²) < 4.78 is 16.0. The number of para-hydroxylation sites is 1. The number of anilines is 3. The van der Waals surface area contributed by atoms with E-state index >= 15 is 0 Å². The van der Waals surface area contributed by atoms with Gasteiger partial charge < -0.3 is 10.6 Å². The Bertz CT molecular complexity index is 1140. The molecule has 178 valence electrons. The number of unbranched alkanes of at least 4 members (excludes halogenated alkanes) is 1. The number of carbonyl (C=O) groups is 1. The van der Waals surface area contributed by atoms with E-state index in [0.29, 0.717) is 18.8 Å². The smallest absolute Gasteiger partial charge is 0.330 e. The van der Waals surface area contributed by atoms with Crippen LogP contribution in [0.1, 0.15) is 57.4 Å². The lowest BCUT2D eigenvalue weighted by molar-refractivity contribution is -0.117. The number of fused-ring (bicyclic) bond motifs is 1. The van der Waals surface area contributed by atoms with E-state index in [0.717, 1.165) is 56.9 Å². The molecule has 8 nitrogen and oxygen atoms in total. The Balaban J connectivity index is 1.73. The van der Waals surface area contributed by atoms with Crippen LogP contribution in [0, 0.1) is 5.82 Å². The number of amides is 1. The van der Waals surface area contributed by atoms with Gasteiger partial charge in [0.25, 0.3) is 5.56 Å². The highest BCUT2D eigenvalue weighted by Crippen LogP contribution is 2.32. The number of nitrogens with two attached hydrogens (primary N) is 1. The molecule has 2 aliphatic rings. The van der Waals surface area contributed by atoms with Gasteiger partial charge in [-0.05, 0) is 43.7 Å². The summed E-state index contributed by atoms with van der Waals surface area (Å²) in [5, 5.41) is 0. The van der Waals surface area contributed by atoms with Gasteiger partial charge >= 0.3 is 5.69 Å². The summed E-state index contributed by atoms with van der Waals surface area (Å²) in [6.07, 6.45) is 6.55. The fourth-order valence-corrected chi connectivity index (χ4v) is 5.11. The molecule has 1 aromatic heterocycles. The van der Waals surface area contributed by atoms with E-state index in [2.05, 4.69) is 4.98 Å². The van der Waals surface area contributed by atoms with Gasteiger partial charge in [-0.25, -0.2) is 9.18 Å². The van der Waals surface area contributed by atoms with Crippen LogP contribution in [-0.4, -0.2) is 34.6 Å². The molecule has 0 atom stereocenters. The van der Waals surface area contributed by atoms with Crippen molar-refractivity contribution in [3.05, 3.63) is 50.4 Å². The van der Waals surface area contributed by atoms with Crippen molar-refractivity contribution in [1.29, 1.82) is 0 Å². The average molecular weight is 458 g/mol. The Morgan fingerprint density at radius 1 is 1.24 bits per heavy atom. The maximum absolute atomic E-state index is 14.7. The lowest BCUT2D eigenvalue weighted by Gasteiger charge is -2.35. The van der Waals surface area contributed by atoms with Crippen LogP contribution < -0.4 is 26.8 Å². The number of aromatic amines is 1. The van der Waals surface area contributed by atoms with Gasteiger partial charge in [-0.1, -0.05) is 38.3 Å². The third-order valence-corrected chi connectivity index (χ3v) is 6.74. The maximum Gasteiger partial charge on any atom is 0.330 e. The van der Waals surface area contributed by atoms with Crippen LogP contribution in [0.25, 0.3) is 0 Å². The highest BCUT2D eigenvalue weighted by Gasteiger charge is 2.34. The molecule has 9 heteroatoms. The summed E-state index contributed by atoms with van der Waals surface area (Å²) in [7, 11) is 0. The van der Waals surface area contributed by atoms with Crippen molar-refractivity contribution in [2.45, 2.75) is 70.9 Å². The number of benzene rings is 1. The normalized spacial score (nSPS) is 16.1. The SMILES string of the molecule is CCCCn1c(N)c(N(C(=O)CN2CCCc3cccc(F)c32)C2CCCC2)c(=O)[nH]c1=O. The molecule has 0 radical (unpaired) electrons. The summed E-state index contributed by atoms with van der Waals surface area (Å²) in [5.74, 6) is -0.642. The minimum absolute atomic E-state index is 0.0164. The number of aryl methyl sites for hydroxylation is 1. The number of hydrogen-bond acceptors (Lipinski definition) is 5. The van der Waals surface area contributed by atoms with E-state index in [9.17, 15) is 18.8 Å². The summed E-state index contributed by atoms with van der Waals surface area (Å²) in [6.45, 7) is 2.86. The van der Waals surface area contributed by atoms with Crippen molar-refractivity contribution in [1.82, 2.24) is 9.55 Å². The molecule has 1 fully saturated rings. The second kappa shape index (κ2) is 9.80. The zero-order chi connectivity index (χ0) is 23.5. The van der Waals surface area contributed by atoms with Gasteiger partial charge in [0.1, 0.15) is 11.6 Å². The molecule has 2 heterocycles. The second-order valence-corrected chi connectivity index (χ2v) is 8.97. The van der Waals surface area contributed by atoms with Crippen molar-refractivity contribution in [2.75, 3.05) is 28.6 Å². The van der Waals surface area contributed by atoms with Gasteiger partial charge in [0.2, 0.25) is 5.91 Å². The van der Waals surface area contributed by atoms with E-state index in [1.807, 2.05) is 13.0 Å². The van der Waals surface area contributed by atoms with Crippen LogP contribution in [-0.2, 0) is 17.8 Å².